The minimum Gasteiger partial charge on any atom is -0.280 e. The first-order valence-electron chi connectivity index (χ1n) is 10.7. The maximum atomic E-state index is 12.9. The number of allylic oxidation sites excluding steroid dienone is 2. The molecule has 0 saturated carbocycles. The normalized spacial score (nSPS) is 12.6. The maximum Gasteiger partial charge on any atom is 0.261 e. The lowest BCUT2D eigenvalue weighted by Gasteiger charge is -2.12. The number of anilines is 2. The highest BCUT2D eigenvalue weighted by molar-refractivity contribution is 7.94. The van der Waals surface area contributed by atoms with Crippen molar-refractivity contribution in [2.75, 3.05) is 9.44 Å². The summed E-state index contributed by atoms with van der Waals surface area (Å²) in [4.78, 5) is -1.17. The minimum absolute atomic E-state index is 0.00532. The molecule has 0 spiro atoms. The van der Waals surface area contributed by atoms with Crippen molar-refractivity contribution in [3.05, 3.63) is 95.8 Å². The van der Waals surface area contributed by atoms with Gasteiger partial charge in [0, 0.05) is 34.3 Å². The molecule has 0 heterocycles. The largest absolute Gasteiger partial charge is 0.280 e. The van der Waals surface area contributed by atoms with Crippen LogP contribution in [0.15, 0.2) is 115 Å². The molecule has 3 aromatic carbocycles. The summed E-state index contributed by atoms with van der Waals surface area (Å²) < 4.78 is 104. The topological polar surface area (TPSA) is 208 Å². The highest BCUT2D eigenvalue weighted by Crippen LogP contribution is 2.24. The molecule has 0 aliphatic heterocycles. The van der Waals surface area contributed by atoms with Crippen LogP contribution in [0.25, 0.3) is 0 Å². The van der Waals surface area contributed by atoms with E-state index in [0.29, 0.717) is 10.8 Å². The summed E-state index contributed by atoms with van der Waals surface area (Å²) in [5.41, 5.74) is -0.0106. The molecule has 0 amide bonds. The fourth-order valence-electron chi connectivity index (χ4n) is 3.06. The van der Waals surface area contributed by atoms with Crippen LogP contribution in [0.5, 0.6) is 0 Å². The molecular formula is C24H18N4O8S4. The fourth-order valence-corrected chi connectivity index (χ4v) is 7.17. The Kier molecular flexibility index (Phi) is 8.81. The van der Waals surface area contributed by atoms with E-state index in [2.05, 4.69) is 9.44 Å². The van der Waals surface area contributed by atoms with Gasteiger partial charge in [0.2, 0.25) is 19.7 Å². The van der Waals surface area contributed by atoms with Crippen LogP contribution in [0, 0.1) is 22.7 Å². The molecule has 0 saturated heterocycles. The molecular weight excluding hydrogens is 601 g/mol. The monoisotopic (exact) mass is 618 g/mol. The quantitative estimate of drug-likeness (QED) is 0.317. The number of hydrogen-bond acceptors (Lipinski definition) is 10. The number of sulfone groups is 2. The van der Waals surface area contributed by atoms with Gasteiger partial charge in [-0.05, 0) is 66.7 Å². The van der Waals surface area contributed by atoms with Gasteiger partial charge in [-0.15, -0.1) is 0 Å². The zero-order valence-electron chi connectivity index (χ0n) is 20.0. The van der Waals surface area contributed by atoms with Crippen LogP contribution >= 0.6 is 0 Å². The Bertz CT molecular complexity index is 1860. The first-order chi connectivity index (χ1) is 18.7. The molecule has 0 fully saturated rings. The molecule has 12 nitrogen and oxygen atoms in total. The van der Waals surface area contributed by atoms with Crippen molar-refractivity contribution in [1.82, 2.24) is 0 Å². The third kappa shape index (κ3) is 7.33. The molecule has 0 radical (unpaired) electrons. The third-order valence-electron chi connectivity index (χ3n) is 4.94. The summed E-state index contributed by atoms with van der Waals surface area (Å²) in [6.07, 6.45) is 1.58. The van der Waals surface area contributed by atoms with Gasteiger partial charge in [0.15, 0.2) is 0 Å². The summed E-state index contributed by atoms with van der Waals surface area (Å²) in [7, 11) is -16.4. The third-order valence-corrected chi connectivity index (χ3v) is 10.5. The Morgan fingerprint density at radius 3 is 1.20 bits per heavy atom. The van der Waals surface area contributed by atoms with Gasteiger partial charge in [0.05, 0.1) is 31.7 Å². The Hall–Kier alpha value is -4.48. The van der Waals surface area contributed by atoms with E-state index in [0.717, 1.165) is 54.6 Å². The molecule has 0 atom stereocenters. The van der Waals surface area contributed by atoms with Crippen LogP contribution in [-0.2, 0) is 39.7 Å². The van der Waals surface area contributed by atoms with Gasteiger partial charge >= 0.3 is 0 Å². The molecule has 0 unspecified atom stereocenters. The maximum absolute atomic E-state index is 12.9. The van der Waals surface area contributed by atoms with Crippen molar-refractivity contribution in [2.24, 2.45) is 0 Å². The number of nitrogens with zero attached hydrogens (tertiary/aromatic N) is 2. The Morgan fingerprint density at radius 1 is 0.525 bits per heavy atom. The second-order valence-electron chi connectivity index (χ2n) is 7.69. The van der Waals surface area contributed by atoms with Gasteiger partial charge in [-0.2, -0.15) is 10.5 Å². The van der Waals surface area contributed by atoms with Crippen molar-refractivity contribution < 1.29 is 33.7 Å². The number of nitrogens with one attached hydrogen (secondary N) is 2. The number of rotatable bonds is 10. The minimum atomic E-state index is -4.31. The van der Waals surface area contributed by atoms with Gasteiger partial charge in [-0.3, -0.25) is 9.44 Å². The summed E-state index contributed by atoms with van der Waals surface area (Å²) in [6, 6.07) is 16.8. The Balaban J connectivity index is 1.81. The van der Waals surface area contributed by atoms with E-state index in [4.69, 9.17) is 10.5 Å². The predicted molar refractivity (Wildman–Crippen MR) is 145 cm³/mol. The number of hydrogen-bond donors (Lipinski definition) is 2. The molecule has 40 heavy (non-hydrogen) atoms. The fraction of sp³-hybridized carbons (Fsp3) is 0. The SMILES string of the molecule is N#CC=CS(=O)(=O)c1ccc(NS(=O)(=O)c2cccc(S(=O)(=O)Nc3ccc(S(=O)(=O)C=CC#N)cc3)c2)cc1. The van der Waals surface area contributed by atoms with E-state index in [1.807, 2.05) is 0 Å². The molecule has 3 rings (SSSR count). The van der Waals surface area contributed by atoms with Crippen LogP contribution < -0.4 is 9.44 Å². The summed E-state index contributed by atoms with van der Waals surface area (Å²) >= 11 is 0. The van der Waals surface area contributed by atoms with Gasteiger partial charge in [0.1, 0.15) is 0 Å². The molecule has 0 aromatic heterocycles. The molecule has 0 aliphatic rings. The number of benzene rings is 3. The zero-order chi connectivity index (χ0) is 29.6. The van der Waals surface area contributed by atoms with Crippen LogP contribution in [-0.4, -0.2) is 33.7 Å². The zero-order valence-corrected chi connectivity index (χ0v) is 23.3. The van der Waals surface area contributed by atoms with E-state index in [-0.39, 0.29) is 21.2 Å². The van der Waals surface area contributed by atoms with E-state index in [1.54, 1.807) is 12.1 Å². The molecule has 2 N–H and O–H groups in total. The predicted octanol–water partition coefficient (Wildman–Crippen LogP) is 2.91. The molecule has 0 bridgehead atoms. The van der Waals surface area contributed by atoms with E-state index in [1.165, 1.54) is 30.3 Å². The van der Waals surface area contributed by atoms with Gasteiger partial charge in [-0.25, -0.2) is 33.7 Å². The molecule has 206 valence electrons. The number of nitriles is 2. The van der Waals surface area contributed by atoms with E-state index >= 15 is 0 Å². The second-order valence-corrected chi connectivity index (χ2v) is 14.7. The van der Waals surface area contributed by atoms with Crippen molar-refractivity contribution in [2.45, 2.75) is 19.6 Å². The summed E-state index contributed by atoms with van der Waals surface area (Å²) in [5.74, 6) is 0. The number of sulfonamides is 2. The van der Waals surface area contributed by atoms with Crippen molar-refractivity contribution in [1.29, 1.82) is 10.5 Å². The average Bonchev–Trinajstić information content (AvgIpc) is 2.91. The molecule has 0 aliphatic carbocycles. The Labute approximate surface area is 231 Å². The van der Waals surface area contributed by atoms with Crippen LogP contribution in [0.3, 0.4) is 0 Å². The Morgan fingerprint density at radius 2 is 0.875 bits per heavy atom. The van der Waals surface area contributed by atoms with Gasteiger partial charge < -0.3 is 0 Å². The van der Waals surface area contributed by atoms with Crippen LogP contribution in [0.2, 0.25) is 0 Å². The molecule has 16 heteroatoms. The second kappa shape index (κ2) is 11.7. The average molecular weight is 619 g/mol. The van der Waals surface area contributed by atoms with Crippen LogP contribution in [0.1, 0.15) is 0 Å². The van der Waals surface area contributed by atoms with Gasteiger partial charge in [0.25, 0.3) is 20.0 Å². The van der Waals surface area contributed by atoms with E-state index < -0.39 is 49.5 Å². The van der Waals surface area contributed by atoms with Crippen molar-refractivity contribution >= 4 is 51.1 Å². The van der Waals surface area contributed by atoms with Crippen molar-refractivity contribution in [3.8, 4) is 12.1 Å². The lowest BCUT2D eigenvalue weighted by Crippen LogP contribution is -2.16. The lowest BCUT2D eigenvalue weighted by molar-refractivity contribution is 0.598. The van der Waals surface area contributed by atoms with E-state index in [9.17, 15) is 33.7 Å². The summed E-state index contributed by atoms with van der Waals surface area (Å²) in [6.45, 7) is 0. The van der Waals surface area contributed by atoms with Gasteiger partial charge in [-0.1, -0.05) is 6.07 Å². The van der Waals surface area contributed by atoms with Crippen LogP contribution in [0.4, 0.5) is 11.4 Å². The first-order valence-corrected chi connectivity index (χ1v) is 16.7. The molecule has 3 aromatic rings. The standard InChI is InChI=1S/C24H18N4O8S4/c25-14-2-16-37(29,30)21-10-6-19(7-11-21)27-39(33,34)23-4-1-5-24(18-23)40(35,36)28-20-8-12-22(13-9-20)38(31,32)17-3-15-26/h1-13,16-18,27-28H. The lowest BCUT2D eigenvalue weighted by atomic mass is 10.3. The highest BCUT2D eigenvalue weighted by Gasteiger charge is 2.21. The first kappa shape index (κ1) is 30.1. The highest BCUT2D eigenvalue weighted by atomic mass is 32.2. The van der Waals surface area contributed by atoms with Crippen molar-refractivity contribution in [3.63, 3.8) is 0 Å². The smallest absolute Gasteiger partial charge is 0.261 e. The summed E-state index contributed by atoms with van der Waals surface area (Å²) in [5, 5.41) is 18.4.